The predicted octanol–water partition coefficient (Wildman–Crippen LogP) is 3.20. The van der Waals surface area contributed by atoms with Crippen LogP contribution in [0.3, 0.4) is 0 Å². The van der Waals surface area contributed by atoms with Gasteiger partial charge in [-0.3, -0.25) is 14.5 Å². The molecule has 1 heterocycles. The van der Waals surface area contributed by atoms with E-state index in [4.69, 9.17) is 33.3 Å². The van der Waals surface area contributed by atoms with E-state index in [1.807, 2.05) is 0 Å². The average Bonchev–Trinajstić information content (AvgIpc) is 2.94. The van der Waals surface area contributed by atoms with Crippen molar-refractivity contribution >= 4 is 52.6 Å². The van der Waals surface area contributed by atoms with Gasteiger partial charge in [-0.1, -0.05) is 17.7 Å². The number of esters is 1. The van der Waals surface area contributed by atoms with Gasteiger partial charge >= 0.3 is 5.97 Å². The number of thiocarbonyl (C=S) groups is 1. The van der Waals surface area contributed by atoms with Crippen LogP contribution in [0.25, 0.3) is 6.08 Å². The summed E-state index contributed by atoms with van der Waals surface area (Å²) in [5.74, 6) is -0.737. The number of halogens is 1. The zero-order valence-electron chi connectivity index (χ0n) is 15.6. The van der Waals surface area contributed by atoms with Gasteiger partial charge in [-0.15, -0.1) is 0 Å². The Bertz CT molecular complexity index is 1010. The fraction of sp³-hybridized carbons (Fsp3) is 0.150. The van der Waals surface area contributed by atoms with Gasteiger partial charge in [0.25, 0.3) is 5.91 Å². The molecule has 0 bridgehead atoms. The van der Waals surface area contributed by atoms with Crippen molar-refractivity contribution in [2.45, 2.75) is 0 Å². The Morgan fingerprint density at radius 2 is 1.90 bits per heavy atom. The van der Waals surface area contributed by atoms with Gasteiger partial charge in [0.15, 0.2) is 16.6 Å². The van der Waals surface area contributed by atoms with E-state index < -0.39 is 11.9 Å². The second-order valence-electron chi connectivity index (χ2n) is 6.02. The Hall–Kier alpha value is -3.10. The Balaban J connectivity index is 2.06. The summed E-state index contributed by atoms with van der Waals surface area (Å²) < 4.78 is 9.84. The fourth-order valence-corrected chi connectivity index (χ4v) is 3.26. The summed E-state index contributed by atoms with van der Waals surface area (Å²) in [7, 11) is 2.68. The van der Waals surface area contributed by atoms with Crippen LogP contribution >= 0.6 is 23.8 Å². The van der Waals surface area contributed by atoms with E-state index in [-0.39, 0.29) is 28.9 Å². The highest BCUT2D eigenvalue weighted by atomic mass is 35.5. The lowest BCUT2D eigenvalue weighted by molar-refractivity contribution is -0.140. The molecule has 0 spiro atoms. The third kappa shape index (κ3) is 4.18. The third-order valence-electron chi connectivity index (χ3n) is 4.24. The van der Waals surface area contributed by atoms with Crippen molar-refractivity contribution in [1.82, 2.24) is 4.90 Å². The number of nitrogens with zero attached hydrogens (tertiary/aromatic N) is 2. The minimum absolute atomic E-state index is 0.0304. The van der Waals surface area contributed by atoms with E-state index in [1.54, 1.807) is 42.5 Å². The monoisotopic (exact) mass is 432 g/mol. The first-order valence-electron chi connectivity index (χ1n) is 8.42. The molecule has 7 nitrogen and oxygen atoms in total. The molecule has 0 aromatic heterocycles. The smallest absolute Gasteiger partial charge is 0.325 e. The number of anilines is 1. The van der Waals surface area contributed by atoms with Gasteiger partial charge in [-0.05, 0) is 60.3 Å². The molecular weight excluding hydrogens is 416 g/mol. The van der Waals surface area contributed by atoms with E-state index in [0.717, 1.165) is 0 Å². The molecule has 1 saturated heterocycles. The average molecular weight is 433 g/mol. The number of ether oxygens (including phenoxy) is 2. The van der Waals surface area contributed by atoms with Crippen LogP contribution in [0.1, 0.15) is 5.56 Å². The molecule has 1 fully saturated rings. The summed E-state index contributed by atoms with van der Waals surface area (Å²) >= 11 is 11.4. The molecule has 1 N–H and O–H groups in total. The zero-order valence-corrected chi connectivity index (χ0v) is 17.2. The highest BCUT2D eigenvalue weighted by Gasteiger charge is 2.40. The molecule has 1 aliphatic rings. The molecule has 0 atom stereocenters. The summed E-state index contributed by atoms with van der Waals surface area (Å²) in [6.07, 6.45) is 1.56. The topological polar surface area (TPSA) is 79.3 Å². The number of rotatable bonds is 5. The van der Waals surface area contributed by atoms with Crippen LogP contribution in [-0.4, -0.2) is 47.8 Å². The van der Waals surface area contributed by atoms with Crippen molar-refractivity contribution in [3.63, 3.8) is 0 Å². The van der Waals surface area contributed by atoms with Gasteiger partial charge in [-0.2, -0.15) is 0 Å². The van der Waals surface area contributed by atoms with Gasteiger partial charge in [0, 0.05) is 5.02 Å². The number of hydrogen-bond acceptors (Lipinski definition) is 6. The number of benzene rings is 2. The van der Waals surface area contributed by atoms with Crippen molar-refractivity contribution in [3.05, 3.63) is 58.7 Å². The largest absolute Gasteiger partial charge is 0.504 e. The van der Waals surface area contributed by atoms with Crippen molar-refractivity contribution in [3.8, 4) is 11.5 Å². The lowest BCUT2D eigenvalue weighted by Crippen LogP contribution is -2.35. The Morgan fingerprint density at radius 3 is 2.52 bits per heavy atom. The van der Waals surface area contributed by atoms with Crippen LogP contribution in [0, 0.1) is 0 Å². The summed E-state index contributed by atoms with van der Waals surface area (Å²) in [5.41, 5.74) is 1.28. The molecule has 2 aromatic carbocycles. The van der Waals surface area contributed by atoms with Crippen LogP contribution in [0.5, 0.6) is 11.5 Å². The van der Waals surface area contributed by atoms with E-state index in [0.29, 0.717) is 16.3 Å². The van der Waals surface area contributed by atoms with Gasteiger partial charge in [0.1, 0.15) is 12.2 Å². The minimum Gasteiger partial charge on any atom is -0.504 e. The Kier molecular flexibility index (Phi) is 6.05. The second kappa shape index (κ2) is 8.50. The summed E-state index contributed by atoms with van der Waals surface area (Å²) in [5, 5.41) is 10.4. The van der Waals surface area contributed by atoms with Crippen molar-refractivity contribution in [1.29, 1.82) is 0 Å². The fourth-order valence-electron chi connectivity index (χ4n) is 2.79. The molecule has 1 amide bonds. The van der Waals surface area contributed by atoms with Crippen LogP contribution in [-0.2, 0) is 14.3 Å². The van der Waals surface area contributed by atoms with E-state index in [2.05, 4.69) is 0 Å². The molecule has 0 radical (unpaired) electrons. The SMILES string of the molecule is COC(=O)CN1C(=S)N(c2ccc(Cl)cc2)C(=O)C1=Cc1ccc(O)c(OC)c1. The van der Waals surface area contributed by atoms with Crippen LogP contribution < -0.4 is 9.64 Å². The quantitative estimate of drug-likeness (QED) is 0.441. The van der Waals surface area contributed by atoms with Crippen molar-refractivity contribution in [2.75, 3.05) is 25.7 Å². The molecule has 0 unspecified atom stereocenters. The van der Waals surface area contributed by atoms with Crippen LogP contribution in [0.2, 0.25) is 5.02 Å². The van der Waals surface area contributed by atoms with Gasteiger partial charge in [-0.25, -0.2) is 0 Å². The molecule has 1 aliphatic heterocycles. The molecule has 0 saturated carbocycles. The van der Waals surface area contributed by atoms with Crippen LogP contribution in [0.4, 0.5) is 5.69 Å². The predicted molar refractivity (Wildman–Crippen MR) is 113 cm³/mol. The van der Waals surface area contributed by atoms with E-state index in [9.17, 15) is 14.7 Å². The summed E-state index contributed by atoms with van der Waals surface area (Å²) in [4.78, 5) is 27.8. The zero-order chi connectivity index (χ0) is 21.1. The first-order chi connectivity index (χ1) is 13.8. The molecule has 0 aliphatic carbocycles. The van der Waals surface area contributed by atoms with Gasteiger partial charge in [0.2, 0.25) is 0 Å². The summed E-state index contributed by atoms with van der Waals surface area (Å²) in [6, 6.07) is 11.2. The Labute approximate surface area is 177 Å². The maximum Gasteiger partial charge on any atom is 0.325 e. The second-order valence-corrected chi connectivity index (χ2v) is 6.82. The highest BCUT2D eigenvalue weighted by molar-refractivity contribution is 7.80. The number of aromatic hydroxyl groups is 1. The first-order valence-corrected chi connectivity index (χ1v) is 9.21. The lowest BCUT2D eigenvalue weighted by atomic mass is 10.1. The molecular formula is C20H17ClN2O5S. The number of phenols is 1. The van der Waals surface area contributed by atoms with E-state index >= 15 is 0 Å². The van der Waals surface area contributed by atoms with Crippen LogP contribution in [0.15, 0.2) is 48.2 Å². The number of carbonyl (C=O) groups is 2. The first kappa shape index (κ1) is 20.6. The molecule has 9 heteroatoms. The lowest BCUT2D eigenvalue weighted by Gasteiger charge is -2.19. The summed E-state index contributed by atoms with van der Waals surface area (Å²) in [6.45, 7) is -0.230. The van der Waals surface area contributed by atoms with Crippen molar-refractivity contribution in [2.24, 2.45) is 0 Å². The number of hydrogen-bond donors (Lipinski definition) is 1. The number of amides is 1. The van der Waals surface area contributed by atoms with E-state index in [1.165, 1.54) is 30.1 Å². The van der Waals surface area contributed by atoms with Gasteiger partial charge in [0.05, 0.1) is 19.9 Å². The molecule has 150 valence electrons. The Morgan fingerprint density at radius 1 is 1.21 bits per heavy atom. The number of methoxy groups -OCH3 is 2. The minimum atomic E-state index is -0.549. The standard InChI is InChI=1S/C20H17ClN2O5S/c1-27-17-10-12(3-8-16(17)24)9-15-19(26)23(14-6-4-13(21)5-7-14)20(29)22(15)11-18(25)28-2/h3-10,24H,11H2,1-2H3. The normalized spacial score (nSPS) is 15.2. The molecule has 3 rings (SSSR count). The number of phenolic OH excluding ortho intramolecular Hbond substituents is 1. The molecule has 29 heavy (non-hydrogen) atoms. The molecule has 2 aromatic rings. The van der Waals surface area contributed by atoms with Crippen molar-refractivity contribution < 1.29 is 24.2 Å². The number of carbonyl (C=O) groups excluding carboxylic acids is 2. The third-order valence-corrected chi connectivity index (χ3v) is 4.90. The highest BCUT2D eigenvalue weighted by Crippen LogP contribution is 2.32. The van der Waals surface area contributed by atoms with Gasteiger partial charge < -0.3 is 19.5 Å². The maximum absolute atomic E-state index is 13.2. The maximum atomic E-state index is 13.2.